The summed E-state index contributed by atoms with van der Waals surface area (Å²) >= 11 is 0. The van der Waals surface area contributed by atoms with Crippen LogP contribution in [0, 0.1) is 0 Å². The highest BCUT2D eigenvalue weighted by atomic mass is 31.2. The number of hydrogen-bond acceptors (Lipinski definition) is 11. The molecule has 0 aromatic rings. The van der Waals surface area contributed by atoms with Gasteiger partial charge in [-0.2, -0.15) is 0 Å². The van der Waals surface area contributed by atoms with Crippen molar-refractivity contribution in [3.63, 3.8) is 0 Å². The highest BCUT2D eigenvalue weighted by Gasteiger charge is 2.21. The quantitative estimate of drug-likeness (QED) is 0.0638. The number of hydrogen-bond donors (Lipinski definition) is 5. The molecule has 41 heavy (non-hydrogen) atoms. The van der Waals surface area contributed by atoms with Gasteiger partial charge in [-0.15, -0.1) is 0 Å². The summed E-state index contributed by atoms with van der Waals surface area (Å²) in [7, 11) is -7.16. The van der Waals surface area contributed by atoms with Crippen molar-refractivity contribution in [3.05, 3.63) is 0 Å². The van der Waals surface area contributed by atoms with Gasteiger partial charge < -0.3 is 35.2 Å². The molecule has 0 heterocycles. The molecule has 242 valence electrons. The molecule has 0 aliphatic rings. The third-order valence-corrected chi connectivity index (χ3v) is 7.17. The molecule has 0 saturated heterocycles. The molecule has 0 bridgehead atoms. The van der Waals surface area contributed by atoms with E-state index in [4.69, 9.17) is 23.4 Å². The molecular weight excluding hydrogens is 588 g/mol. The second-order valence-electron chi connectivity index (χ2n) is 8.78. The average Bonchev–Trinajstić information content (AvgIpc) is 2.89. The van der Waals surface area contributed by atoms with Crippen LogP contribution in [0.5, 0.6) is 0 Å². The second-order valence-corrected chi connectivity index (χ2v) is 11.8. The van der Waals surface area contributed by atoms with Gasteiger partial charge in [0, 0.05) is 34.0 Å². The molecule has 0 aromatic heterocycles. The first-order valence-electron chi connectivity index (χ1n) is 13.5. The molecule has 18 heteroatoms. The van der Waals surface area contributed by atoms with E-state index < -0.39 is 21.7 Å². The van der Waals surface area contributed by atoms with Gasteiger partial charge in [0.05, 0.1) is 46.2 Å². The van der Waals surface area contributed by atoms with Crippen LogP contribution in [0.3, 0.4) is 0 Å². The molecule has 2 unspecified atom stereocenters. The maximum absolute atomic E-state index is 12.4. The summed E-state index contributed by atoms with van der Waals surface area (Å²) in [5.74, 6) is -0.661. The van der Waals surface area contributed by atoms with E-state index >= 15 is 0 Å². The van der Waals surface area contributed by atoms with Gasteiger partial charge in [0.1, 0.15) is 6.04 Å². The Morgan fingerprint density at radius 1 is 0.659 bits per heavy atom. The highest BCUT2D eigenvalue weighted by molar-refractivity contribution is 7.47. The standard InChI is InChI=1S/C23H47N3O13P2/c1-20(27)24-11-8-6-10-22(26-21(2)28)23(29)25-12-7-4-5-9-13-37-41(32,33)39-19-17-36-15-14-35-16-18-38-40(30,31)34-3/h22H,4-19H2,1-3H3,(H,24,27)(H,25,29)(H,26,28)(H,30,31)(H,32,33)/t22-/m0/s1. The number of amides is 3. The van der Waals surface area contributed by atoms with Gasteiger partial charge in [-0.05, 0) is 32.1 Å². The predicted octanol–water partition coefficient (Wildman–Crippen LogP) is 1.40. The summed E-state index contributed by atoms with van der Waals surface area (Å²) in [6.07, 6.45) is 4.53. The summed E-state index contributed by atoms with van der Waals surface area (Å²) in [4.78, 5) is 53.5. The lowest BCUT2D eigenvalue weighted by atomic mass is 10.1. The fourth-order valence-corrected chi connectivity index (χ4v) is 4.33. The molecule has 3 atom stereocenters. The van der Waals surface area contributed by atoms with Crippen LogP contribution >= 0.6 is 15.6 Å². The molecule has 0 aliphatic heterocycles. The van der Waals surface area contributed by atoms with Gasteiger partial charge >= 0.3 is 15.6 Å². The molecule has 16 nitrogen and oxygen atoms in total. The minimum Gasteiger partial charge on any atom is -0.377 e. The molecular formula is C23H47N3O13P2. The Morgan fingerprint density at radius 3 is 1.76 bits per heavy atom. The van der Waals surface area contributed by atoms with Gasteiger partial charge in [0.15, 0.2) is 0 Å². The van der Waals surface area contributed by atoms with Gasteiger partial charge in [0.2, 0.25) is 17.7 Å². The molecule has 0 aromatic carbocycles. The molecule has 0 spiro atoms. The zero-order chi connectivity index (χ0) is 31.0. The molecule has 0 aliphatic carbocycles. The van der Waals surface area contributed by atoms with Crippen molar-refractivity contribution in [2.45, 2.75) is 64.8 Å². The molecule has 0 radical (unpaired) electrons. The van der Waals surface area contributed by atoms with Crippen molar-refractivity contribution in [2.24, 2.45) is 0 Å². The van der Waals surface area contributed by atoms with Crippen LogP contribution in [-0.4, -0.2) is 100.0 Å². The first kappa shape index (κ1) is 39.5. The zero-order valence-electron chi connectivity index (χ0n) is 24.2. The van der Waals surface area contributed by atoms with Gasteiger partial charge in [-0.1, -0.05) is 12.8 Å². The third-order valence-electron chi connectivity index (χ3n) is 5.18. The normalized spacial score (nSPS) is 15.0. The van der Waals surface area contributed by atoms with Crippen LogP contribution in [0.2, 0.25) is 0 Å². The third kappa shape index (κ3) is 25.9. The van der Waals surface area contributed by atoms with E-state index in [0.717, 1.165) is 13.5 Å². The Bertz CT molecular complexity index is 835. The van der Waals surface area contributed by atoms with Crippen molar-refractivity contribution in [1.82, 2.24) is 16.0 Å². The van der Waals surface area contributed by atoms with Crippen molar-refractivity contribution in [1.29, 1.82) is 0 Å². The van der Waals surface area contributed by atoms with Crippen LogP contribution in [0.4, 0.5) is 0 Å². The number of ether oxygens (including phenoxy) is 2. The van der Waals surface area contributed by atoms with Crippen molar-refractivity contribution in [3.8, 4) is 0 Å². The molecule has 3 amide bonds. The monoisotopic (exact) mass is 635 g/mol. The van der Waals surface area contributed by atoms with Crippen molar-refractivity contribution in [2.75, 3.05) is 66.4 Å². The van der Waals surface area contributed by atoms with Crippen LogP contribution in [-0.2, 0) is 51.1 Å². The summed E-state index contributed by atoms with van der Waals surface area (Å²) < 4.78 is 51.8. The minimum atomic E-state index is -4.20. The number of carbonyl (C=O) groups excluding carboxylic acids is 3. The maximum atomic E-state index is 12.4. The molecule has 0 rings (SSSR count). The Hall–Kier alpha value is -1.45. The molecule has 5 N–H and O–H groups in total. The smallest absolute Gasteiger partial charge is 0.377 e. The lowest BCUT2D eigenvalue weighted by Gasteiger charge is -2.17. The van der Waals surface area contributed by atoms with E-state index in [1.807, 2.05) is 0 Å². The van der Waals surface area contributed by atoms with Gasteiger partial charge in [-0.3, -0.25) is 32.5 Å². The number of carbonyl (C=O) groups is 3. The van der Waals surface area contributed by atoms with Gasteiger partial charge in [0.25, 0.3) is 0 Å². The Labute approximate surface area is 241 Å². The van der Waals surface area contributed by atoms with E-state index in [0.29, 0.717) is 51.6 Å². The Kier molecular flexibility index (Phi) is 23.2. The number of phosphoric ester groups is 2. The Morgan fingerprint density at radius 2 is 1.17 bits per heavy atom. The van der Waals surface area contributed by atoms with E-state index in [2.05, 4.69) is 25.0 Å². The molecule has 0 fully saturated rings. The van der Waals surface area contributed by atoms with Crippen LogP contribution < -0.4 is 16.0 Å². The molecule has 0 saturated carbocycles. The fourth-order valence-electron chi connectivity index (χ4n) is 3.18. The first-order valence-corrected chi connectivity index (χ1v) is 16.5. The maximum Gasteiger partial charge on any atom is 0.472 e. The number of phosphoric acid groups is 2. The van der Waals surface area contributed by atoms with Crippen molar-refractivity contribution >= 4 is 33.4 Å². The minimum absolute atomic E-state index is 0.0316. The zero-order valence-corrected chi connectivity index (χ0v) is 26.0. The lowest BCUT2D eigenvalue weighted by molar-refractivity contribution is -0.128. The Balaban J connectivity index is 3.79. The van der Waals surface area contributed by atoms with E-state index in [1.165, 1.54) is 13.8 Å². The van der Waals surface area contributed by atoms with Crippen molar-refractivity contribution < 1.29 is 60.9 Å². The topological polar surface area (TPSA) is 217 Å². The van der Waals surface area contributed by atoms with Gasteiger partial charge in [-0.25, -0.2) is 9.13 Å². The number of unbranched alkanes of at least 4 members (excludes halogenated alkanes) is 4. The largest absolute Gasteiger partial charge is 0.472 e. The fraction of sp³-hybridized carbons (Fsp3) is 0.870. The van der Waals surface area contributed by atoms with E-state index in [-0.39, 0.29) is 64.0 Å². The van der Waals surface area contributed by atoms with Crippen LogP contribution in [0.1, 0.15) is 58.8 Å². The summed E-state index contributed by atoms with van der Waals surface area (Å²) in [6.45, 7) is 3.94. The predicted molar refractivity (Wildman–Crippen MR) is 148 cm³/mol. The van der Waals surface area contributed by atoms with Crippen LogP contribution in [0.25, 0.3) is 0 Å². The highest BCUT2D eigenvalue weighted by Crippen LogP contribution is 2.43. The van der Waals surface area contributed by atoms with E-state index in [9.17, 15) is 28.4 Å². The summed E-state index contributed by atoms with van der Waals surface area (Å²) in [5.41, 5.74) is 0. The summed E-state index contributed by atoms with van der Waals surface area (Å²) in [5, 5.41) is 8.15. The van der Waals surface area contributed by atoms with Crippen LogP contribution in [0.15, 0.2) is 0 Å². The lowest BCUT2D eigenvalue weighted by Crippen LogP contribution is -2.46. The first-order chi connectivity index (χ1) is 19.4. The second kappa shape index (κ2) is 24.0. The van der Waals surface area contributed by atoms with E-state index in [1.54, 1.807) is 0 Å². The average molecular weight is 636 g/mol. The number of rotatable bonds is 27. The SMILES string of the molecule is COP(=O)(O)OCCOCCOCCOP(=O)(O)OCCCCCCNC(=O)[C@H](CCCCNC(C)=O)NC(C)=O. The number of nitrogens with one attached hydrogen (secondary N) is 3. The summed E-state index contributed by atoms with van der Waals surface area (Å²) in [6, 6.07) is -0.632.